The van der Waals surface area contributed by atoms with Crippen LogP contribution in [0.3, 0.4) is 0 Å². The van der Waals surface area contributed by atoms with Crippen molar-refractivity contribution in [2.75, 3.05) is 13.7 Å². The highest BCUT2D eigenvalue weighted by atomic mass is 16.6. The van der Waals surface area contributed by atoms with Crippen molar-refractivity contribution in [1.29, 1.82) is 0 Å². The Hall–Kier alpha value is -5.12. The molecule has 0 saturated carbocycles. The summed E-state index contributed by atoms with van der Waals surface area (Å²) in [4.78, 5) is 35.0. The fourth-order valence-electron chi connectivity index (χ4n) is 4.92. The number of aromatic amines is 2. The first-order chi connectivity index (χ1) is 18.8. The summed E-state index contributed by atoms with van der Waals surface area (Å²) in [6.07, 6.45) is 1.68. The van der Waals surface area contributed by atoms with Crippen LogP contribution >= 0.6 is 0 Å². The van der Waals surface area contributed by atoms with E-state index in [1.165, 1.54) is 6.07 Å². The summed E-state index contributed by atoms with van der Waals surface area (Å²) in [5.41, 5.74) is 3.87. The minimum Gasteiger partial charge on any atom is -0.505 e. The van der Waals surface area contributed by atoms with Gasteiger partial charge in [0.15, 0.2) is 0 Å². The van der Waals surface area contributed by atoms with Gasteiger partial charge in [0.1, 0.15) is 17.0 Å². The molecule has 3 heterocycles. The van der Waals surface area contributed by atoms with E-state index in [0.717, 1.165) is 0 Å². The van der Waals surface area contributed by atoms with Crippen molar-refractivity contribution in [3.05, 3.63) is 110 Å². The fourth-order valence-corrected chi connectivity index (χ4v) is 4.92. The Balaban J connectivity index is 1.66. The number of methoxy groups -OCH3 is 1. The molecule has 1 unspecified atom stereocenters. The molecule has 1 aliphatic rings. The van der Waals surface area contributed by atoms with Gasteiger partial charge in [-0.1, -0.05) is 30.3 Å². The van der Waals surface area contributed by atoms with Gasteiger partial charge in [0.2, 0.25) is 0 Å². The lowest BCUT2D eigenvalue weighted by molar-refractivity contribution is -0.384. The van der Waals surface area contributed by atoms with Crippen LogP contribution in [0.2, 0.25) is 0 Å². The van der Waals surface area contributed by atoms with Crippen molar-refractivity contribution in [1.82, 2.24) is 9.97 Å². The molecule has 10 heteroatoms. The molecule has 0 bridgehead atoms. The Kier molecular flexibility index (Phi) is 6.76. The minimum absolute atomic E-state index is 0.0180. The van der Waals surface area contributed by atoms with Crippen LogP contribution in [0.15, 0.2) is 76.9 Å². The van der Waals surface area contributed by atoms with E-state index in [1.807, 2.05) is 18.2 Å². The van der Waals surface area contributed by atoms with E-state index in [2.05, 4.69) is 15.0 Å². The Morgan fingerprint density at radius 1 is 1.13 bits per heavy atom. The van der Waals surface area contributed by atoms with Gasteiger partial charge in [-0.2, -0.15) is 0 Å². The maximum absolute atomic E-state index is 13.1. The third-order valence-electron chi connectivity index (χ3n) is 6.61. The van der Waals surface area contributed by atoms with Crippen LogP contribution in [0, 0.1) is 10.1 Å². The van der Waals surface area contributed by atoms with Gasteiger partial charge in [-0.3, -0.25) is 10.1 Å². The molecule has 10 nitrogen and oxygen atoms in total. The lowest BCUT2D eigenvalue weighted by Gasteiger charge is -2.24. The highest BCUT2D eigenvalue weighted by Gasteiger charge is 2.36. The SMILES string of the molecule is CCOC(=O)C1=C(C)N=c2[nH]c(=Cc3ccc(-c4ccccc4[N+](=O)[O-])[nH]3)c(O)c2C1c1ccccc1OC. The molecule has 39 heavy (non-hydrogen) atoms. The molecule has 0 fully saturated rings. The normalized spacial score (nSPS) is 15.1. The summed E-state index contributed by atoms with van der Waals surface area (Å²) in [5.74, 6) is -0.752. The number of hydrogen-bond acceptors (Lipinski definition) is 7. The number of esters is 1. The van der Waals surface area contributed by atoms with Crippen LogP contribution in [0.4, 0.5) is 5.69 Å². The lowest BCUT2D eigenvalue weighted by Crippen LogP contribution is -2.26. The molecule has 0 saturated heterocycles. The summed E-state index contributed by atoms with van der Waals surface area (Å²) in [7, 11) is 1.55. The van der Waals surface area contributed by atoms with Crippen LogP contribution < -0.4 is 15.6 Å². The topological polar surface area (TPSA) is 143 Å². The average Bonchev–Trinajstić information content (AvgIpc) is 3.52. The van der Waals surface area contributed by atoms with E-state index in [9.17, 15) is 20.0 Å². The van der Waals surface area contributed by atoms with Crippen LogP contribution in [0.1, 0.15) is 36.6 Å². The number of nitro groups is 1. The fraction of sp³-hybridized carbons (Fsp3) is 0.172. The van der Waals surface area contributed by atoms with Gasteiger partial charge >= 0.3 is 5.97 Å². The number of hydrogen-bond donors (Lipinski definition) is 3. The van der Waals surface area contributed by atoms with Crippen LogP contribution in [-0.2, 0) is 9.53 Å². The molecule has 2 aromatic carbocycles. The predicted molar refractivity (Wildman–Crippen MR) is 144 cm³/mol. The van der Waals surface area contributed by atoms with Crippen molar-refractivity contribution < 1.29 is 24.3 Å². The van der Waals surface area contributed by atoms with E-state index < -0.39 is 16.8 Å². The first-order valence-corrected chi connectivity index (χ1v) is 12.3. The molecule has 198 valence electrons. The van der Waals surface area contributed by atoms with Crippen LogP contribution in [0.25, 0.3) is 17.3 Å². The van der Waals surface area contributed by atoms with Gasteiger partial charge in [0.25, 0.3) is 5.69 Å². The van der Waals surface area contributed by atoms with Crippen molar-refractivity contribution in [3.8, 4) is 22.8 Å². The molecule has 3 N–H and O–H groups in total. The Bertz CT molecular complexity index is 1750. The standard InChI is InChI=1S/C29H26N4O6/c1-4-39-29(35)24-16(2)30-28-26(25(24)19-10-6-8-12-23(19)38-3)27(34)21(32-28)15-17-13-14-20(31-17)18-9-5-7-11-22(18)33(36)37/h5-15,25,31,34H,4H2,1-3H3,(H,30,32). The van der Waals surface area contributed by atoms with Gasteiger partial charge in [-0.05, 0) is 44.2 Å². The lowest BCUT2D eigenvalue weighted by atomic mass is 9.82. The first-order valence-electron chi connectivity index (χ1n) is 12.3. The Labute approximate surface area is 223 Å². The van der Waals surface area contributed by atoms with Gasteiger partial charge in [0, 0.05) is 17.3 Å². The molecule has 1 atom stereocenters. The van der Waals surface area contributed by atoms with Crippen molar-refractivity contribution in [2.24, 2.45) is 4.99 Å². The monoisotopic (exact) mass is 526 g/mol. The first kappa shape index (κ1) is 25.5. The number of ether oxygens (including phenoxy) is 2. The van der Waals surface area contributed by atoms with E-state index in [0.29, 0.717) is 55.9 Å². The van der Waals surface area contributed by atoms with E-state index >= 15 is 0 Å². The summed E-state index contributed by atoms with van der Waals surface area (Å²) in [6, 6.07) is 17.2. The molecule has 0 amide bonds. The van der Waals surface area contributed by atoms with E-state index in [-0.39, 0.29) is 18.0 Å². The molecule has 5 rings (SSSR count). The minimum atomic E-state index is -0.697. The van der Waals surface area contributed by atoms with Crippen molar-refractivity contribution >= 4 is 17.7 Å². The third kappa shape index (κ3) is 4.56. The number of para-hydroxylation sites is 2. The summed E-state index contributed by atoms with van der Waals surface area (Å²) in [6.45, 7) is 3.64. The molecule has 4 aromatic rings. The summed E-state index contributed by atoms with van der Waals surface area (Å²) < 4.78 is 10.9. The summed E-state index contributed by atoms with van der Waals surface area (Å²) >= 11 is 0. The van der Waals surface area contributed by atoms with E-state index in [4.69, 9.17) is 9.47 Å². The smallest absolute Gasteiger partial charge is 0.336 e. The maximum atomic E-state index is 13.1. The van der Waals surface area contributed by atoms with Gasteiger partial charge in [-0.15, -0.1) is 0 Å². The second-order valence-electron chi connectivity index (χ2n) is 8.90. The largest absolute Gasteiger partial charge is 0.505 e. The Morgan fingerprint density at radius 3 is 2.62 bits per heavy atom. The number of carbonyl (C=O) groups is 1. The zero-order chi connectivity index (χ0) is 27.7. The van der Waals surface area contributed by atoms with Crippen molar-refractivity contribution in [3.63, 3.8) is 0 Å². The number of allylic oxidation sites excluding steroid dienone is 1. The molecule has 2 aromatic heterocycles. The molecule has 1 aliphatic heterocycles. The second-order valence-corrected chi connectivity index (χ2v) is 8.90. The average molecular weight is 527 g/mol. The number of rotatable bonds is 7. The number of H-pyrrole nitrogens is 2. The predicted octanol–water partition coefficient (Wildman–Crippen LogP) is 4.06. The van der Waals surface area contributed by atoms with E-state index in [1.54, 1.807) is 63.4 Å². The van der Waals surface area contributed by atoms with Crippen LogP contribution in [-0.4, -0.2) is 39.7 Å². The number of aromatic hydroxyl groups is 1. The number of nitrogens with zero attached hydrogens (tertiary/aromatic N) is 2. The van der Waals surface area contributed by atoms with Gasteiger partial charge in [-0.25, -0.2) is 9.79 Å². The molecular weight excluding hydrogens is 500 g/mol. The summed E-state index contributed by atoms with van der Waals surface area (Å²) in [5, 5.41) is 23.3. The van der Waals surface area contributed by atoms with Gasteiger partial charge in [0.05, 0.1) is 58.0 Å². The highest BCUT2D eigenvalue weighted by molar-refractivity contribution is 5.93. The zero-order valence-corrected chi connectivity index (χ0v) is 21.5. The Morgan fingerprint density at radius 2 is 1.87 bits per heavy atom. The third-order valence-corrected chi connectivity index (χ3v) is 6.61. The van der Waals surface area contributed by atoms with Gasteiger partial charge < -0.3 is 24.5 Å². The number of nitro benzene ring substituents is 1. The quantitative estimate of drug-likeness (QED) is 0.188. The number of aromatic nitrogens is 2. The van der Waals surface area contributed by atoms with Crippen LogP contribution in [0.5, 0.6) is 11.5 Å². The number of benzene rings is 2. The molecule has 0 aliphatic carbocycles. The second kappa shape index (κ2) is 10.3. The highest BCUT2D eigenvalue weighted by Crippen LogP contribution is 2.41. The zero-order valence-electron chi connectivity index (χ0n) is 21.5. The number of carbonyl (C=O) groups excluding carboxylic acids is 1. The number of nitrogens with one attached hydrogen (secondary N) is 2. The molecule has 0 spiro atoms. The number of fused-ring (bicyclic) bond motifs is 1. The maximum Gasteiger partial charge on any atom is 0.336 e. The molecular formula is C29H26N4O6. The van der Waals surface area contributed by atoms with Crippen molar-refractivity contribution in [2.45, 2.75) is 19.8 Å². The molecule has 0 radical (unpaired) electrons.